The van der Waals surface area contributed by atoms with Crippen LogP contribution in [0.3, 0.4) is 0 Å². The van der Waals surface area contributed by atoms with Gasteiger partial charge in [0.1, 0.15) is 18.1 Å². The van der Waals surface area contributed by atoms with Gasteiger partial charge >= 0.3 is 0 Å². The van der Waals surface area contributed by atoms with Crippen LogP contribution in [0.4, 0.5) is 0 Å². The number of nitrogens with one attached hydrogen (secondary N) is 1. The molecule has 1 atom stereocenters. The van der Waals surface area contributed by atoms with E-state index >= 15 is 0 Å². The summed E-state index contributed by atoms with van der Waals surface area (Å²) in [6, 6.07) is 18.8. The Bertz CT molecular complexity index is 525. The van der Waals surface area contributed by atoms with Crippen LogP contribution in [-0.4, -0.2) is 26.3 Å². The highest BCUT2D eigenvalue weighted by Crippen LogP contribution is 2.16. The molecule has 2 aromatic rings. The highest BCUT2D eigenvalue weighted by molar-refractivity contribution is 5.31. The molecule has 0 unspecified atom stereocenters. The van der Waals surface area contributed by atoms with Crippen molar-refractivity contribution in [2.75, 3.05) is 20.3 Å². The van der Waals surface area contributed by atoms with Crippen molar-refractivity contribution >= 4 is 0 Å². The van der Waals surface area contributed by atoms with Gasteiger partial charge in [-0.25, -0.2) is 0 Å². The maximum absolute atomic E-state index is 5.70. The molecule has 3 heteroatoms. The van der Waals surface area contributed by atoms with Crippen LogP contribution in [0.25, 0.3) is 0 Å². The van der Waals surface area contributed by atoms with Crippen molar-refractivity contribution in [2.24, 2.45) is 0 Å². The van der Waals surface area contributed by atoms with E-state index in [1.165, 1.54) is 5.56 Å². The van der Waals surface area contributed by atoms with Crippen molar-refractivity contribution in [2.45, 2.75) is 25.8 Å². The first-order valence-electron chi connectivity index (χ1n) is 7.82. The Morgan fingerprint density at radius 1 is 0.955 bits per heavy atom. The molecular formula is C19H25NO2. The average Bonchev–Trinajstić information content (AvgIpc) is 2.58. The van der Waals surface area contributed by atoms with Crippen molar-refractivity contribution in [1.82, 2.24) is 5.32 Å². The summed E-state index contributed by atoms with van der Waals surface area (Å²) in [6.45, 7) is 3.74. The van der Waals surface area contributed by atoms with E-state index in [1.54, 1.807) is 7.11 Å². The number of hydrogen-bond acceptors (Lipinski definition) is 3. The fourth-order valence-corrected chi connectivity index (χ4v) is 2.28. The van der Waals surface area contributed by atoms with Crippen LogP contribution in [0.5, 0.6) is 11.5 Å². The summed E-state index contributed by atoms with van der Waals surface area (Å²) >= 11 is 0. The second-order valence-electron chi connectivity index (χ2n) is 5.40. The lowest BCUT2D eigenvalue weighted by Crippen LogP contribution is -2.30. The molecule has 0 heterocycles. The fraction of sp³-hybridized carbons (Fsp3) is 0.368. The van der Waals surface area contributed by atoms with Gasteiger partial charge in [0.05, 0.1) is 7.11 Å². The molecule has 22 heavy (non-hydrogen) atoms. The molecule has 0 fully saturated rings. The van der Waals surface area contributed by atoms with E-state index in [4.69, 9.17) is 9.47 Å². The van der Waals surface area contributed by atoms with Crippen LogP contribution in [0.2, 0.25) is 0 Å². The Kier molecular flexibility index (Phi) is 6.78. The normalized spacial score (nSPS) is 11.9. The first kappa shape index (κ1) is 16.4. The zero-order valence-electron chi connectivity index (χ0n) is 13.4. The predicted molar refractivity (Wildman–Crippen MR) is 90.7 cm³/mol. The second-order valence-corrected chi connectivity index (χ2v) is 5.40. The smallest absolute Gasteiger partial charge is 0.119 e. The maximum Gasteiger partial charge on any atom is 0.119 e. The first-order valence-corrected chi connectivity index (χ1v) is 7.82. The maximum atomic E-state index is 5.70. The molecule has 0 amide bonds. The quantitative estimate of drug-likeness (QED) is 0.716. The van der Waals surface area contributed by atoms with Gasteiger partial charge in [0.2, 0.25) is 0 Å². The SMILES string of the molecule is COc1ccc(OCCN[C@@H](C)CCc2ccccc2)cc1. The van der Waals surface area contributed by atoms with Gasteiger partial charge in [-0.2, -0.15) is 0 Å². The van der Waals surface area contributed by atoms with Crippen LogP contribution >= 0.6 is 0 Å². The van der Waals surface area contributed by atoms with Crippen LogP contribution in [-0.2, 0) is 6.42 Å². The molecule has 0 aliphatic rings. The topological polar surface area (TPSA) is 30.5 Å². The van der Waals surface area contributed by atoms with Gasteiger partial charge < -0.3 is 14.8 Å². The molecular weight excluding hydrogens is 274 g/mol. The van der Waals surface area contributed by atoms with Crippen LogP contribution < -0.4 is 14.8 Å². The standard InChI is InChI=1S/C19H25NO2/c1-16(8-9-17-6-4-3-5-7-17)20-14-15-22-19-12-10-18(21-2)11-13-19/h3-7,10-13,16,20H,8-9,14-15H2,1-2H3/t16-/m0/s1. The number of ether oxygens (including phenoxy) is 2. The summed E-state index contributed by atoms with van der Waals surface area (Å²) in [5.74, 6) is 1.72. The lowest BCUT2D eigenvalue weighted by atomic mass is 10.1. The zero-order chi connectivity index (χ0) is 15.6. The van der Waals surface area contributed by atoms with E-state index in [2.05, 4.69) is 42.6 Å². The lowest BCUT2D eigenvalue weighted by Gasteiger charge is -2.14. The Hall–Kier alpha value is -2.00. The predicted octanol–water partition coefficient (Wildman–Crippen LogP) is 3.68. The van der Waals surface area contributed by atoms with Crippen molar-refractivity contribution in [3.05, 3.63) is 60.2 Å². The van der Waals surface area contributed by atoms with Crippen molar-refractivity contribution < 1.29 is 9.47 Å². The van der Waals surface area contributed by atoms with Crippen LogP contribution in [0, 0.1) is 0 Å². The Balaban J connectivity index is 1.59. The number of hydrogen-bond donors (Lipinski definition) is 1. The third-order valence-electron chi connectivity index (χ3n) is 3.63. The van der Waals surface area contributed by atoms with E-state index in [-0.39, 0.29) is 0 Å². The molecule has 0 saturated heterocycles. The monoisotopic (exact) mass is 299 g/mol. The molecule has 1 N–H and O–H groups in total. The second kappa shape index (κ2) is 9.11. The summed E-state index contributed by atoms with van der Waals surface area (Å²) in [6.07, 6.45) is 2.24. The minimum atomic E-state index is 0.486. The van der Waals surface area contributed by atoms with Gasteiger partial charge in [-0.05, 0) is 49.6 Å². The van der Waals surface area contributed by atoms with Crippen molar-refractivity contribution in [3.8, 4) is 11.5 Å². The van der Waals surface area contributed by atoms with Gasteiger partial charge in [-0.1, -0.05) is 30.3 Å². The molecule has 2 aromatic carbocycles. The average molecular weight is 299 g/mol. The molecule has 118 valence electrons. The Morgan fingerprint density at radius 2 is 1.64 bits per heavy atom. The third-order valence-corrected chi connectivity index (χ3v) is 3.63. The summed E-state index contributed by atoms with van der Waals surface area (Å²) < 4.78 is 10.8. The largest absolute Gasteiger partial charge is 0.497 e. The lowest BCUT2D eigenvalue weighted by molar-refractivity contribution is 0.304. The van der Waals surface area contributed by atoms with E-state index in [0.29, 0.717) is 12.6 Å². The molecule has 0 aliphatic heterocycles. The van der Waals surface area contributed by atoms with E-state index in [1.807, 2.05) is 24.3 Å². The molecule has 2 rings (SSSR count). The minimum absolute atomic E-state index is 0.486. The van der Waals surface area contributed by atoms with E-state index in [0.717, 1.165) is 30.9 Å². The highest BCUT2D eigenvalue weighted by atomic mass is 16.5. The van der Waals surface area contributed by atoms with Crippen LogP contribution in [0.15, 0.2) is 54.6 Å². The number of benzene rings is 2. The number of aryl methyl sites for hydroxylation is 1. The van der Waals surface area contributed by atoms with Gasteiger partial charge in [-0.15, -0.1) is 0 Å². The van der Waals surface area contributed by atoms with E-state index < -0.39 is 0 Å². The summed E-state index contributed by atoms with van der Waals surface area (Å²) in [5.41, 5.74) is 1.39. The summed E-state index contributed by atoms with van der Waals surface area (Å²) in [5, 5.41) is 3.50. The Morgan fingerprint density at radius 3 is 2.32 bits per heavy atom. The molecule has 0 spiro atoms. The third kappa shape index (κ3) is 5.78. The fourth-order valence-electron chi connectivity index (χ4n) is 2.28. The number of rotatable bonds is 9. The first-order chi connectivity index (χ1) is 10.8. The Labute approximate surface area is 133 Å². The van der Waals surface area contributed by atoms with Crippen molar-refractivity contribution in [3.63, 3.8) is 0 Å². The number of methoxy groups -OCH3 is 1. The molecule has 3 nitrogen and oxygen atoms in total. The molecule has 0 aromatic heterocycles. The molecule has 0 saturated carbocycles. The van der Waals surface area contributed by atoms with E-state index in [9.17, 15) is 0 Å². The van der Waals surface area contributed by atoms with Crippen LogP contribution in [0.1, 0.15) is 18.9 Å². The summed E-state index contributed by atoms with van der Waals surface area (Å²) in [7, 11) is 1.66. The minimum Gasteiger partial charge on any atom is -0.497 e. The zero-order valence-corrected chi connectivity index (χ0v) is 13.4. The summed E-state index contributed by atoms with van der Waals surface area (Å²) in [4.78, 5) is 0. The highest BCUT2D eigenvalue weighted by Gasteiger charge is 2.02. The molecule has 0 bridgehead atoms. The van der Waals surface area contributed by atoms with Crippen molar-refractivity contribution in [1.29, 1.82) is 0 Å². The molecule has 0 radical (unpaired) electrons. The van der Waals surface area contributed by atoms with Gasteiger partial charge in [0.25, 0.3) is 0 Å². The van der Waals surface area contributed by atoms with Gasteiger partial charge in [0.15, 0.2) is 0 Å². The van der Waals surface area contributed by atoms with Gasteiger partial charge in [-0.3, -0.25) is 0 Å². The molecule has 0 aliphatic carbocycles. The van der Waals surface area contributed by atoms with Gasteiger partial charge in [0, 0.05) is 12.6 Å².